The van der Waals surface area contributed by atoms with E-state index in [4.69, 9.17) is 11.0 Å². The van der Waals surface area contributed by atoms with Crippen LogP contribution in [0.15, 0.2) is 0 Å². The van der Waals surface area contributed by atoms with Crippen molar-refractivity contribution in [2.24, 2.45) is 11.7 Å². The summed E-state index contributed by atoms with van der Waals surface area (Å²) in [7, 11) is 0. The minimum Gasteiger partial charge on any atom is -0.314 e. The lowest BCUT2D eigenvalue weighted by Gasteiger charge is -2.36. The Bertz CT molecular complexity index is 234. The zero-order valence-corrected chi connectivity index (χ0v) is 10.2. The van der Waals surface area contributed by atoms with Crippen LogP contribution in [0.25, 0.3) is 0 Å². The lowest BCUT2D eigenvalue weighted by Crippen LogP contribution is -2.46. The molecule has 2 unspecified atom stereocenters. The van der Waals surface area contributed by atoms with Crippen LogP contribution in [-0.2, 0) is 0 Å². The second-order valence-electron chi connectivity index (χ2n) is 5.30. The summed E-state index contributed by atoms with van der Waals surface area (Å²) in [4.78, 5) is 2.46. The Morgan fingerprint density at radius 2 is 2.07 bits per heavy atom. The Hall–Kier alpha value is -0.590. The van der Waals surface area contributed by atoms with Gasteiger partial charge in [0.2, 0.25) is 0 Å². The van der Waals surface area contributed by atoms with Crippen molar-refractivity contribution in [1.82, 2.24) is 4.90 Å². The van der Waals surface area contributed by atoms with E-state index in [0.29, 0.717) is 6.04 Å². The number of nitrogens with two attached hydrogens (primary N) is 1. The van der Waals surface area contributed by atoms with Gasteiger partial charge in [-0.25, -0.2) is 0 Å². The molecule has 1 aliphatic rings. The molecule has 0 spiro atoms. The van der Waals surface area contributed by atoms with E-state index in [2.05, 4.69) is 24.8 Å². The van der Waals surface area contributed by atoms with Crippen LogP contribution in [0.4, 0.5) is 0 Å². The van der Waals surface area contributed by atoms with Gasteiger partial charge in [0.1, 0.15) is 5.54 Å². The van der Waals surface area contributed by atoms with E-state index in [0.717, 1.165) is 25.4 Å². The summed E-state index contributed by atoms with van der Waals surface area (Å²) in [5.74, 6) is 0.855. The molecule has 15 heavy (non-hydrogen) atoms. The summed E-state index contributed by atoms with van der Waals surface area (Å²) in [5, 5.41) is 8.89. The van der Waals surface area contributed by atoms with E-state index in [-0.39, 0.29) is 0 Å². The summed E-state index contributed by atoms with van der Waals surface area (Å²) < 4.78 is 0. The van der Waals surface area contributed by atoms with Gasteiger partial charge in [-0.3, -0.25) is 0 Å². The second-order valence-corrected chi connectivity index (χ2v) is 5.30. The number of nitriles is 1. The minimum atomic E-state index is -0.678. The first kappa shape index (κ1) is 12.5. The SMILES string of the molecule is CC1CCN(C(C)CC(C)(N)C#N)CC1. The fourth-order valence-corrected chi connectivity index (χ4v) is 2.26. The Balaban J connectivity index is 2.41. The van der Waals surface area contributed by atoms with Crippen molar-refractivity contribution < 1.29 is 0 Å². The Morgan fingerprint density at radius 3 is 2.53 bits per heavy atom. The molecule has 3 heteroatoms. The van der Waals surface area contributed by atoms with Gasteiger partial charge in [0.05, 0.1) is 6.07 Å². The highest BCUT2D eigenvalue weighted by Gasteiger charge is 2.26. The van der Waals surface area contributed by atoms with Crippen LogP contribution in [0.5, 0.6) is 0 Å². The van der Waals surface area contributed by atoms with Crippen molar-refractivity contribution >= 4 is 0 Å². The van der Waals surface area contributed by atoms with Crippen molar-refractivity contribution in [3.8, 4) is 6.07 Å². The predicted octanol–water partition coefficient (Wildman–Crippen LogP) is 1.74. The Morgan fingerprint density at radius 1 is 1.53 bits per heavy atom. The van der Waals surface area contributed by atoms with Crippen LogP contribution in [0, 0.1) is 17.2 Å². The quantitative estimate of drug-likeness (QED) is 0.770. The topological polar surface area (TPSA) is 53.0 Å². The molecule has 1 fully saturated rings. The number of piperidine rings is 1. The fourth-order valence-electron chi connectivity index (χ4n) is 2.26. The number of rotatable bonds is 3. The highest BCUT2D eigenvalue weighted by atomic mass is 15.2. The molecule has 1 heterocycles. The molecule has 0 aromatic rings. The highest BCUT2D eigenvalue weighted by Crippen LogP contribution is 2.21. The van der Waals surface area contributed by atoms with Crippen LogP contribution in [0.3, 0.4) is 0 Å². The molecule has 2 N–H and O–H groups in total. The third-order valence-corrected chi connectivity index (χ3v) is 3.42. The molecule has 0 aromatic heterocycles. The van der Waals surface area contributed by atoms with Gasteiger partial charge in [-0.1, -0.05) is 6.92 Å². The first-order valence-corrected chi connectivity index (χ1v) is 5.89. The Kier molecular flexibility index (Phi) is 4.12. The van der Waals surface area contributed by atoms with E-state index in [1.165, 1.54) is 12.8 Å². The lowest BCUT2D eigenvalue weighted by molar-refractivity contribution is 0.132. The van der Waals surface area contributed by atoms with E-state index < -0.39 is 5.54 Å². The largest absolute Gasteiger partial charge is 0.314 e. The zero-order valence-electron chi connectivity index (χ0n) is 10.2. The maximum atomic E-state index is 8.89. The molecule has 0 amide bonds. The first-order valence-electron chi connectivity index (χ1n) is 5.89. The minimum absolute atomic E-state index is 0.423. The van der Waals surface area contributed by atoms with Gasteiger partial charge in [-0.2, -0.15) is 5.26 Å². The van der Waals surface area contributed by atoms with E-state index in [1.807, 2.05) is 6.92 Å². The smallest absolute Gasteiger partial charge is 0.102 e. The van der Waals surface area contributed by atoms with Crippen LogP contribution < -0.4 is 5.73 Å². The highest BCUT2D eigenvalue weighted by molar-refractivity contribution is 5.02. The van der Waals surface area contributed by atoms with Crippen LogP contribution in [0.1, 0.15) is 40.0 Å². The monoisotopic (exact) mass is 209 g/mol. The fraction of sp³-hybridized carbons (Fsp3) is 0.917. The standard InChI is InChI=1S/C12H23N3/c1-10-4-6-15(7-5-10)11(2)8-12(3,14)9-13/h10-11H,4-8,14H2,1-3H3. The van der Waals surface area contributed by atoms with Crippen molar-refractivity contribution in [3.05, 3.63) is 0 Å². The summed E-state index contributed by atoms with van der Waals surface area (Å²) in [5.41, 5.74) is 5.19. The summed E-state index contributed by atoms with van der Waals surface area (Å²) in [6, 6.07) is 2.59. The van der Waals surface area contributed by atoms with Gasteiger partial charge in [-0.05, 0) is 52.1 Å². The number of hydrogen-bond acceptors (Lipinski definition) is 3. The van der Waals surface area contributed by atoms with Crippen LogP contribution >= 0.6 is 0 Å². The maximum Gasteiger partial charge on any atom is 0.102 e. The lowest BCUT2D eigenvalue weighted by atomic mass is 9.92. The number of nitrogens with zero attached hydrogens (tertiary/aromatic N) is 2. The predicted molar refractivity (Wildman–Crippen MR) is 62.3 cm³/mol. The van der Waals surface area contributed by atoms with E-state index in [1.54, 1.807) is 0 Å². The van der Waals surface area contributed by atoms with Crippen molar-refractivity contribution in [3.63, 3.8) is 0 Å². The molecule has 0 saturated carbocycles. The zero-order chi connectivity index (χ0) is 11.5. The summed E-state index contributed by atoms with van der Waals surface area (Å²) in [6.45, 7) is 8.62. The first-order chi connectivity index (χ1) is 6.94. The molecular weight excluding hydrogens is 186 g/mol. The van der Waals surface area contributed by atoms with Crippen molar-refractivity contribution in [1.29, 1.82) is 5.26 Å². The molecule has 0 aromatic carbocycles. The van der Waals surface area contributed by atoms with Gasteiger partial charge in [0.15, 0.2) is 0 Å². The number of hydrogen-bond donors (Lipinski definition) is 1. The maximum absolute atomic E-state index is 8.89. The third kappa shape index (κ3) is 3.81. The second kappa shape index (κ2) is 4.96. The molecule has 2 atom stereocenters. The number of likely N-dealkylation sites (tertiary alicyclic amines) is 1. The van der Waals surface area contributed by atoms with Crippen molar-refractivity contribution in [2.45, 2.75) is 51.6 Å². The average Bonchev–Trinajstić information content (AvgIpc) is 2.18. The molecule has 1 rings (SSSR count). The molecule has 0 aliphatic carbocycles. The van der Waals surface area contributed by atoms with Gasteiger partial charge >= 0.3 is 0 Å². The third-order valence-electron chi connectivity index (χ3n) is 3.42. The van der Waals surface area contributed by atoms with Gasteiger partial charge in [0.25, 0.3) is 0 Å². The molecule has 86 valence electrons. The molecule has 1 aliphatic heterocycles. The molecule has 0 radical (unpaired) electrons. The normalized spacial score (nSPS) is 25.5. The summed E-state index contributed by atoms with van der Waals surface area (Å²) in [6.07, 6.45) is 3.31. The van der Waals surface area contributed by atoms with Gasteiger partial charge in [0, 0.05) is 6.04 Å². The Labute approximate surface area is 93.2 Å². The van der Waals surface area contributed by atoms with Gasteiger partial charge < -0.3 is 10.6 Å². The van der Waals surface area contributed by atoms with Crippen molar-refractivity contribution in [2.75, 3.05) is 13.1 Å². The average molecular weight is 209 g/mol. The summed E-state index contributed by atoms with van der Waals surface area (Å²) >= 11 is 0. The van der Waals surface area contributed by atoms with Crippen LogP contribution in [-0.4, -0.2) is 29.6 Å². The molecule has 0 bridgehead atoms. The van der Waals surface area contributed by atoms with Crippen LogP contribution in [0.2, 0.25) is 0 Å². The van der Waals surface area contributed by atoms with E-state index >= 15 is 0 Å². The molecule has 3 nitrogen and oxygen atoms in total. The molecule has 1 saturated heterocycles. The van der Waals surface area contributed by atoms with Gasteiger partial charge in [-0.15, -0.1) is 0 Å². The molecular formula is C12H23N3. The van der Waals surface area contributed by atoms with E-state index in [9.17, 15) is 0 Å².